The van der Waals surface area contributed by atoms with Crippen molar-refractivity contribution in [2.24, 2.45) is 5.73 Å². The van der Waals surface area contributed by atoms with E-state index in [0.717, 1.165) is 23.2 Å². The van der Waals surface area contributed by atoms with E-state index in [0.29, 0.717) is 13.0 Å². The second kappa shape index (κ2) is 5.40. The van der Waals surface area contributed by atoms with Crippen molar-refractivity contribution in [2.75, 3.05) is 11.4 Å². The van der Waals surface area contributed by atoms with Gasteiger partial charge in [-0.25, -0.2) is 0 Å². The molecule has 1 aromatic rings. The molecule has 5 heteroatoms. The lowest BCUT2D eigenvalue weighted by molar-refractivity contribution is -0.137. The third-order valence-corrected chi connectivity index (χ3v) is 3.51. The molecule has 0 radical (unpaired) electrons. The maximum absolute atomic E-state index is 11.5. The summed E-state index contributed by atoms with van der Waals surface area (Å²) in [5.41, 5.74) is 9.02. The van der Waals surface area contributed by atoms with Crippen LogP contribution < -0.4 is 10.6 Å². The third kappa shape index (κ3) is 2.76. The Morgan fingerprint density at radius 2 is 2.21 bits per heavy atom. The van der Waals surface area contributed by atoms with Gasteiger partial charge in [0.25, 0.3) is 0 Å². The SMILES string of the molecule is CC(=O)N1CCc2c(C(N)CCC(=O)O)cccc21. The predicted molar refractivity (Wildman–Crippen MR) is 72.0 cm³/mol. The number of hydrogen-bond donors (Lipinski definition) is 2. The van der Waals surface area contributed by atoms with Crippen LogP contribution in [-0.4, -0.2) is 23.5 Å². The van der Waals surface area contributed by atoms with Gasteiger partial charge in [0.2, 0.25) is 5.91 Å². The smallest absolute Gasteiger partial charge is 0.303 e. The van der Waals surface area contributed by atoms with E-state index in [2.05, 4.69) is 0 Å². The topological polar surface area (TPSA) is 83.6 Å². The highest BCUT2D eigenvalue weighted by Crippen LogP contribution is 2.34. The monoisotopic (exact) mass is 262 g/mol. The van der Waals surface area contributed by atoms with Gasteiger partial charge in [0.1, 0.15) is 0 Å². The van der Waals surface area contributed by atoms with Gasteiger partial charge in [0, 0.05) is 31.6 Å². The molecule has 0 saturated heterocycles. The van der Waals surface area contributed by atoms with Gasteiger partial charge in [-0.15, -0.1) is 0 Å². The van der Waals surface area contributed by atoms with Crippen LogP contribution in [0.25, 0.3) is 0 Å². The minimum atomic E-state index is -0.839. The molecule has 0 fully saturated rings. The summed E-state index contributed by atoms with van der Waals surface area (Å²) in [6, 6.07) is 5.42. The molecule has 0 spiro atoms. The third-order valence-electron chi connectivity index (χ3n) is 3.51. The lowest BCUT2D eigenvalue weighted by atomic mass is 9.96. The summed E-state index contributed by atoms with van der Waals surface area (Å²) in [6.07, 6.45) is 1.25. The number of nitrogens with zero attached hydrogens (tertiary/aromatic N) is 1. The van der Waals surface area contributed by atoms with Crippen molar-refractivity contribution in [3.05, 3.63) is 29.3 Å². The van der Waals surface area contributed by atoms with Crippen LogP contribution in [0, 0.1) is 0 Å². The fourth-order valence-electron chi connectivity index (χ4n) is 2.57. The van der Waals surface area contributed by atoms with Crippen LogP contribution in [0.1, 0.15) is 36.9 Å². The first kappa shape index (κ1) is 13.5. The average molecular weight is 262 g/mol. The molecule has 1 aliphatic rings. The molecule has 1 heterocycles. The number of carboxylic acid groups (broad SMARTS) is 1. The number of aliphatic carboxylic acids is 1. The van der Waals surface area contributed by atoms with E-state index in [1.807, 2.05) is 18.2 Å². The van der Waals surface area contributed by atoms with E-state index < -0.39 is 5.97 Å². The standard InChI is InChI=1S/C14H18N2O3/c1-9(17)16-8-7-11-10(3-2-4-13(11)16)12(15)5-6-14(18)19/h2-4,12H,5-8,15H2,1H3,(H,18,19). The number of amides is 1. The van der Waals surface area contributed by atoms with Crippen LogP contribution in [0.2, 0.25) is 0 Å². The zero-order valence-corrected chi connectivity index (χ0v) is 10.9. The highest BCUT2D eigenvalue weighted by molar-refractivity contribution is 5.94. The molecule has 2 rings (SSSR count). The lowest BCUT2D eigenvalue weighted by Crippen LogP contribution is -2.25. The number of fused-ring (bicyclic) bond motifs is 1. The summed E-state index contributed by atoms with van der Waals surface area (Å²) in [5, 5.41) is 8.71. The molecule has 0 saturated carbocycles. The molecule has 1 aromatic carbocycles. The molecular formula is C14H18N2O3. The molecule has 1 unspecified atom stereocenters. The van der Waals surface area contributed by atoms with Crippen molar-refractivity contribution in [3.63, 3.8) is 0 Å². The Morgan fingerprint density at radius 1 is 1.47 bits per heavy atom. The summed E-state index contributed by atoms with van der Waals surface area (Å²) < 4.78 is 0. The van der Waals surface area contributed by atoms with Gasteiger partial charge < -0.3 is 15.7 Å². The summed E-state index contributed by atoms with van der Waals surface area (Å²) >= 11 is 0. The maximum Gasteiger partial charge on any atom is 0.303 e. The number of carboxylic acids is 1. The normalized spacial score (nSPS) is 15.2. The summed E-state index contributed by atoms with van der Waals surface area (Å²) in [5.74, 6) is -0.816. The summed E-state index contributed by atoms with van der Waals surface area (Å²) in [6.45, 7) is 2.22. The number of carbonyl (C=O) groups is 2. The fraction of sp³-hybridized carbons (Fsp3) is 0.429. The molecule has 1 atom stereocenters. The van der Waals surface area contributed by atoms with E-state index in [1.165, 1.54) is 0 Å². The first-order valence-electron chi connectivity index (χ1n) is 6.38. The molecule has 19 heavy (non-hydrogen) atoms. The highest BCUT2D eigenvalue weighted by Gasteiger charge is 2.25. The van der Waals surface area contributed by atoms with Crippen LogP contribution in [-0.2, 0) is 16.0 Å². The summed E-state index contributed by atoms with van der Waals surface area (Å²) in [4.78, 5) is 23.9. The van der Waals surface area contributed by atoms with Gasteiger partial charge in [-0.3, -0.25) is 9.59 Å². The maximum atomic E-state index is 11.5. The minimum absolute atomic E-state index is 0.0232. The molecular weight excluding hydrogens is 244 g/mol. The first-order valence-corrected chi connectivity index (χ1v) is 6.38. The average Bonchev–Trinajstić information content (AvgIpc) is 2.79. The number of hydrogen-bond acceptors (Lipinski definition) is 3. The van der Waals surface area contributed by atoms with E-state index in [-0.39, 0.29) is 18.4 Å². The van der Waals surface area contributed by atoms with E-state index in [1.54, 1.807) is 11.8 Å². The number of rotatable bonds is 4. The van der Waals surface area contributed by atoms with E-state index in [4.69, 9.17) is 10.8 Å². The molecule has 5 nitrogen and oxygen atoms in total. The quantitative estimate of drug-likeness (QED) is 0.860. The van der Waals surface area contributed by atoms with Crippen molar-refractivity contribution in [2.45, 2.75) is 32.2 Å². The van der Waals surface area contributed by atoms with Crippen LogP contribution in [0.5, 0.6) is 0 Å². The fourth-order valence-corrected chi connectivity index (χ4v) is 2.57. The van der Waals surface area contributed by atoms with Crippen LogP contribution in [0.15, 0.2) is 18.2 Å². The van der Waals surface area contributed by atoms with Crippen LogP contribution in [0.3, 0.4) is 0 Å². The number of nitrogens with two attached hydrogens (primary N) is 1. The number of anilines is 1. The van der Waals surface area contributed by atoms with Crippen molar-refractivity contribution in [1.82, 2.24) is 0 Å². The highest BCUT2D eigenvalue weighted by atomic mass is 16.4. The molecule has 3 N–H and O–H groups in total. The molecule has 0 aliphatic carbocycles. The van der Waals surface area contributed by atoms with Gasteiger partial charge in [-0.05, 0) is 30.0 Å². The molecule has 1 amide bonds. The van der Waals surface area contributed by atoms with Crippen molar-refractivity contribution >= 4 is 17.6 Å². The predicted octanol–water partition coefficient (Wildman–Crippen LogP) is 1.46. The van der Waals surface area contributed by atoms with E-state index in [9.17, 15) is 9.59 Å². The van der Waals surface area contributed by atoms with E-state index >= 15 is 0 Å². The Kier molecular flexibility index (Phi) is 3.85. The number of benzene rings is 1. The largest absolute Gasteiger partial charge is 0.481 e. The Labute approximate surface area is 112 Å². The Morgan fingerprint density at radius 3 is 2.84 bits per heavy atom. The second-order valence-electron chi connectivity index (χ2n) is 4.80. The summed E-state index contributed by atoms with van der Waals surface area (Å²) in [7, 11) is 0. The van der Waals surface area contributed by atoms with Gasteiger partial charge in [0.15, 0.2) is 0 Å². The van der Waals surface area contributed by atoms with Crippen LogP contribution >= 0.6 is 0 Å². The molecule has 0 bridgehead atoms. The lowest BCUT2D eigenvalue weighted by Gasteiger charge is -2.18. The van der Waals surface area contributed by atoms with Crippen molar-refractivity contribution in [3.8, 4) is 0 Å². The second-order valence-corrected chi connectivity index (χ2v) is 4.80. The van der Waals surface area contributed by atoms with Gasteiger partial charge in [0.05, 0.1) is 0 Å². The number of carbonyl (C=O) groups excluding carboxylic acids is 1. The zero-order chi connectivity index (χ0) is 14.0. The van der Waals surface area contributed by atoms with Gasteiger partial charge in [-0.2, -0.15) is 0 Å². The zero-order valence-electron chi connectivity index (χ0n) is 10.9. The molecule has 0 aromatic heterocycles. The first-order chi connectivity index (χ1) is 9.00. The van der Waals surface area contributed by atoms with Crippen molar-refractivity contribution in [1.29, 1.82) is 0 Å². The van der Waals surface area contributed by atoms with Gasteiger partial charge in [-0.1, -0.05) is 12.1 Å². The Balaban J connectivity index is 2.24. The minimum Gasteiger partial charge on any atom is -0.481 e. The molecule has 102 valence electrons. The van der Waals surface area contributed by atoms with Crippen molar-refractivity contribution < 1.29 is 14.7 Å². The Bertz CT molecular complexity index is 513. The van der Waals surface area contributed by atoms with Crippen LogP contribution in [0.4, 0.5) is 5.69 Å². The van der Waals surface area contributed by atoms with Gasteiger partial charge >= 0.3 is 5.97 Å². The Hall–Kier alpha value is -1.88. The molecule has 1 aliphatic heterocycles.